The van der Waals surface area contributed by atoms with Crippen molar-refractivity contribution < 1.29 is 4.79 Å². The maximum atomic E-state index is 12.4. The second-order valence-corrected chi connectivity index (χ2v) is 5.69. The van der Waals surface area contributed by atoms with Crippen molar-refractivity contribution >= 4 is 11.7 Å². The molecule has 1 aliphatic heterocycles. The number of carbonyl (C=O) groups is 1. The highest BCUT2D eigenvalue weighted by atomic mass is 16.2. The van der Waals surface area contributed by atoms with Gasteiger partial charge in [0.25, 0.3) is 0 Å². The summed E-state index contributed by atoms with van der Waals surface area (Å²) in [4.78, 5) is 16.1. The summed E-state index contributed by atoms with van der Waals surface area (Å²) in [6.07, 6.45) is 1.14. The molecule has 1 heterocycles. The minimum atomic E-state index is 0.103. The van der Waals surface area contributed by atoms with Gasteiger partial charge in [0.15, 0.2) is 0 Å². The van der Waals surface area contributed by atoms with E-state index in [1.54, 1.807) is 4.90 Å². The smallest absolute Gasteiger partial charge is 0.323 e. The van der Waals surface area contributed by atoms with E-state index in [2.05, 4.69) is 25.2 Å². The third-order valence-electron chi connectivity index (χ3n) is 3.66. The molecular formula is C16H25N3O. The van der Waals surface area contributed by atoms with Crippen LogP contribution in [0.4, 0.5) is 10.5 Å². The van der Waals surface area contributed by atoms with Crippen LogP contribution in [0.25, 0.3) is 0 Å². The maximum Gasteiger partial charge on any atom is 0.324 e. The van der Waals surface area contributed by atoms with Gasteiger partial charge in [-0.15, -0.1) is 0 Å². The summed E-state index contributed by atoms with van der Waals surface area (Å²) in [5.74, 6) is 0.435. The molecule has 4 heteroatoms. The average Bonchev–Trinajstić information content (AvgIpc) is 2.44. The monoisotopic (exact) mass is 275 g/mol. The number of hydrogen-bond donors (Lipinski definition) is 1. The van der Waals surface area contributed by atoms with Crippen LogP contribution in [0.15, 0.2) is 24.3 Å². The zero-order valence-corrected chi connectivity index (χ0v) is 12.7. The first-order valence-electron chi connectivity index (χ1n) is 7.44. The number of rotatable bonds is 6. The number of carbonyl (C=O) groups excluding carboxylic acids is 1. The fraction of sp³-hybridized carbons (Fsp3) is 0.562. The summed E-state index contributed by atoms with van der Waals surface area (Å²) >= 11 is 0. The first-order valence-corrected chi connectivity index (χ1v) is 7.44. The molecule has 0 bridgehead atoms. The van der Waals surface area contributed by atoms with E-state index in [9.17, 15) is 4.79 Å². The van der Waals surface area contributed by atoms with Crippen molar-refractivity contribution in [3.63, 3.8) is 0 Å². The van der Waals surface area contributed by atoms with Gasteiger partial charge in [-0.05, 0) is 37.1 Å². The van der Waals surface area contributed by atoms with Crippen LogP contribution < -0.4 is 10.2 Å². The van der Waals surface area contributed by atoms with Gasteiger partial charge in [-0.1, -0.05) is 32.0 Å². The third-order valence-corrected chi connectivity index (χ3v) is 3.66. The lowest BCUT2D eigenvalue weighted by molar-refractivity contribution is 0.209. The van der Waals surface area contributed by atoms with Crippen molar-refractivity contribution in [3.05, 3.63) is 29.8 Å². The van der Waals surface area contributed by atoms with Crippen LogP contribution in [0.3, 0.4) is 0 Å². The van der Waals surface area contributed by atoms with E-state index < -0.39 is 0 Å². The van der Waals surface area contributed by atoms with Gasteiger partial charge in [0.1, 0.15) is 0 Å². The minimum Gasteiger partial charge on any atom is -0.323 e. The van der Waals surface area contributed by atoms with E-state index in [1.165, 1.54) is 5.56 Å². The van der Waals surface area contributed by atoms with Crippen molar-refractivity contribution in [1.29, 1.82) is 0 Å². The van der Waals surface area contributed by atoms with Crippen molar-refractivity contribution in [2.45, 2.75) is 26.8 Å². The summed E-state index contributed by atoms with van der Waals surface area (Å²) < 4.78 is 0. The zero-order valence-electron chi connectivity index (χ0n) is 12.7. The molecule has 0 saturated heterocycles. The van der Waals surface area contributed by atoms with Gasteiger partial charge in [0.05, 0.1) is 5.69 Å². The maximum absolute atomic E-state index is 12.4. The predicted molar refractivity (Wildman–Crippen MR) is 83.0 cm³/mol. The molecule has 2 amide bonds. The van der Waals surface area contributed by atoms with Crippen LogP contribution in [0, 0.1) is 5.92 Å². The lowest BCUT2D eigenvalue weighted by Crippen LogP contribution is -2.47. The van der Waals surface area contributed by atoms with Gasteiger partial charge in [0.2, 0.25) is 0 Å². The first-order chi connectivity index (χ1) is 9.63. The molecule has 0 radical (unpaired) electrons. The summed E-state index contributed by atoms with van der Waals surface area (Å²) in [5, 5.41) is 3.42. The number of benzene rings is 1. The van der Waals surface area contributed by atoms with Crippen LogP contribution in [-0.4, -0.2) is 37.6 Å². The molecule has 1 atom stereocenters. The minimum absolute atomic E-state index is 0.103. The van der Waals surface area contributed by atoms with Crippen molar-refractivity contribution in [2.75, 3.05) is 31.6 Å². The van der Waals surface area contributed by atoms with Crippen molar-refractivity contribution in [3.8, 4) is 0 Å². The van der Waals surface area contributed by atoms with Gasteiger partial charge in [-0.2, -0.15) is 0 Å². The number of fused-ring (bicyclic) bond motifs is 1. The van der Waals surface area contributed by atoms with Crippen LogP contribution in [0.1, 0.15) is 25.8 Å². The SMILES string of the molecule is CCCNCC(C)CN1C(=O)N(C)Cc2ccccc21. The molecule has 0 saturated carbocycles. The van der Waals surface area contributed by atoms with Crippen LogP contribution in [0.5, 0.6) is 0 Å². The van der Waals surface area contributed by atoms with Gasteiger partial charge in [-0.3, -0.25) is 4.90 Å². The number of para-hydroxylation sites is 1. The van der Waals surface area contributed by atoms with Crippen molar-refractivity contribution in [1.82, 2.24) is 10.2 Å². The summed E-state index contributed by atoms with van der Waals surface area (Å²) in [6, 6.07) is 8.29. The Morgan fingerprint density at radius 1 is 1.35 bits per heavy atom. The molecule has 20 heavy (non-hydrogen) atoms. The predicted octanol–water partition coefficient (Wildman–Crippen LogP) is 2.69. The highest BCUT2D eigenvalue weighted by Crippen LogP contribution is 2.28. The van der Waals surface area contributed by atoms with Gasteiger partial charge in [0, 0.05) is 20.1 Å². The summed E-state index contributed by atoms with van der Waals surface area (Å²) in [5.41, 5.74) is 2.29. The lowest BCUT2D eigenvalue weighted by atomic mass is 10.1. The van der Waals surface area contributed by atoms with Crippen molar-refractivity contribution in [2.24, 2.45) is 5.92 Å². The number of hydrogen-bond acceptors (Lipinski definition) is 2. The Bertz CT molecular complexity index is 461. The van der Waals surface area contributed by atoms with E-state index >= 15 is 0 Å². The Hall–Kier alpha value is -1.55. The van der Waals surface area contributed by atoms with Crippen LogP contribution in [-0.2, 0) is 6.54 Å². The van der Waals surface area contributed by atoms with E-state index in [0.29, 0.717) is 12.5 Å². The summed E-state index contributed by atoms with van der Waals surface area (Å²) in [6.45, 7) is 7.80. The molecule has 0 aromatic heterocycles. The lowest BCUT2D eigenvalue weighted by Gasteiger charge is -2.36. The second kappa shape index (κ2) is 6.75. The van der Waals surface area contributed by atoms with Gasteiger partial charge >= 0.3 is 6.03 Å². The average molecular weight is 275 g/mol. The topological polar surface area (TPSA) is 35.6 Å². The van der Waals surface area contributed by atoms with E-state index in [4.69, 9.17) is 0 Å². The Morgan fingerprint density at radius 3 is 2.85 bits per heavy atom. The fourth-order valence-electron chi connectivity index (χ4n) is 2.62. The standard InChI is InChI=1S/C16H25N3O/c1-4-9-17-10-13(2)11-19-15-8-6-5-7-14(15)12-18(3)16(19)20/h5-8,13,17H,4,9-12H2,1-3H3. The van der Waals surface area contributed by atoms with Gasteiger partial charge in [-0.25, -0.2) is 4.79 Å². The second-order valence-electron chi connectivity index (χ2n) is 5.69. The quantitative estimate of drug-likeness (QED) is 0.810. The first kappa shape index (κ1) is 14.9. The molecule has 1 aromatic rings. The Morgan fingerprint density at radius 2 is 2.10 bits per heavy atom. The molecule has 0 aliphatic carbocycles. The molecule has 1 N–H and O–H groups in total. The number of urea groups is 1. The molecule has 1 aliphatic rings. The van der Waals surface area contributed by atoms with Crippen LogP contribution >= 0.6 is 0 Å². The largest absolute Gasteiger partial charge is 0.324 e. The highest BCUT2D eigenvalue weighted by Gasteiger charge is 2.28. The van der Waals surface area contributed by atoms with E-state index in [0.717, 1.165) is 31.7 Å². The van der Waals surface area contributed by atoms with E-state index in [-0.39, 0.29) is 6.03 Å². The molecule has 110 valence electrons. The number of nitrogens with one attached hydrogen (secondary N) is 1. The highest BCUT2D eigenvalue weighted by molar-refractivity contribution is 5.94. The molecule has 1 aromatic carbocycles. The molecule has 2 rings (SSSR count). The Kier molecular flexibility index (Phi) is 5.01. The number of nitrogens with zero attached hydrogens (tertiary/aromatic N) is 2. The Balaban J connectivity index is 2.07. The normalized spacial score (nSPS) is 16.2. The molecule has 0 spiro atoms. The van der Waals surface area contributed by atoms with E-state index in [1.807, 2.05) is 30.1 Å². The molecule has 4 nitrogen and oxygen atoms in total. The number of amides is 2. The fourth-order valence-corrected chi connectivity index (χ4v) is 2.62. The molecule has 0 fully saturated rings. The molecular weight excluding hydrogens is 250 g/mol. The van der Waals surface area contributed by atoms with Gasteiger partial charge < -0.3 is 10.2 Å². The summed E-state index contributed by atoms with van der Waals surface area (Å²) in [7, 11) is 1.87. The molecule has 1 unspecified atom stereocenters. The Labute approximate surface area is 121 Å². The zero-order chi connectivity index (χ0) is 14.5. The number of anilines is 1. The third kappa shape index (κ3) is 3.31. The van der Waals surface area contributed by atoms with Crippen LogP contribution in [0.2, 0.25) is 0 Å².